The lowest BCUT2D eigenvalue weighted by atomic mass is 9.82. The van der Waals surface area contributed by atoms with Gasteiger partial charge in [-0.15, -0.1) is 5.28 Å². The maximum Gasteiger partial charge on any atom is 0.118 e. The first kappa shape index (κ1) is 9.36. The minimum atomic E-state index is 0.949. The van der Waals surface area contributed by atoms with Gasteiger partial charge in [-0.25, -0.2) is 0 Å². The van der Waals surface area contributed by atoms with Crippen LogP contribution in [0.5, 0.6) is 0 Å². The molecule has 1 heteroatoms. The van der Waals surface area contributed by atoms with Gasteiger partial charge in [0.05, 0.1) is 0 Å². The van der Waals surface area contributed by atoms with Crippen molar-refractivity contribution in [2.45, 2.75) is 37.9 Å². The standard InChI is InChI=1S/C10H17.Al/c1-3-9(2)10-7-5-4-6-8-10;/h4-5,9-10H,2-3,6-8H2,1H3;. The molecule has 60 valence electrons. The number of hydrogen-bond acceptors (Lipinski definition) is 0. The largest absolute Gasteiger partial charge is 0.118 e. The van der Waals surface area contributed by atoms with E-state index in [1.165, 1.54) is 31.0 Å². The molecule has 0 heterocycles. The lowest BCUT2D eigenvalue weighted by Gasteiger charge is -2.26. The molecule has 0 N–H and O–H groups in total. The molecule has 0 bridgehead atoms. The third-order valence-corrected chi connectivity index (χ3v) is 3.41. The molecule has 1 rings (SSSR count). The molecule has 0 saturated carbocycles. The molecule has 0 aromatic carbocycles. The van der Waals surface area contributed by atoms with E-state index in [9.17, 15) is 0 Å². The number of hydrogen-bond donors (Lipinski definition) is 0. The van der Waals surface area contributed by atoms with Gasteiger partial charge in [-0.3, -0.25) is 0 Å². The first-order valence-corrected chi connectivity index (χ1v) is 5.55. The normalized spacial score (nSPS) is 26.8. The topological polar surface area (TPSA) is 0 Å². The van der Waals surface area contributed by atoms with Crippen LogP contribution in [-0.4, -0.2) is 16.3 Å². The Morgan fingerprint density at radius 2 is 2.36 bits per heavy atom. The Hall–Kier alpha value is 0.272. The van der Waals surface area contributed by atoms with Crippen LogP contribution in [0.1, 0.15) is 32.6 Å². The summed E-state index contributed by atoms with van der Waals surface area (Å²) >= 11 is 2.89. The highest BCUT2D eigenvalue weighted by molar-refractivity contribution is 6.08. The van der Waals surface area contributed by atoms with E-state index in [1.807, 2.05) is 0 Å². The summed E-state index contributed by atoms with van der Waals surface area (Å²) in [6.07, 6.45) is 10.1. The Kier molecular flexibility index (Phi) is 4.27. The molecule has 0 amide bonds. The van der Waals surface area contributed by atoms with Crippen molar-refractivity contribution in [1.82, 2.24) is 0 Å². The molecular formula is C10H17Al. The maximum absolute atomic E-state index is 2.89. The SMILES string of the molecule is CCC([CH2][Al])C1CC=CCC1. The zero-order chi connectivity index (χ0) is 8.10. The van der Waals surface area contributed by atoms with Gasteiger partial charge < -0.3 is 0 Å². The molecule has 2 radical (unpaired) electrons. The fourth-order valence-electron chi connectivity index (χ4n) is 1.94. The minimum Gasteiger partial charge on any atom is -0.115 e. The van der Waals surface area contributed by atoms with Crippen LogP contribution in [0.15, 0.2) is 12.2 Å². The second kappa shape index (κ2) is 5.01. The van der Waals surface area contributed by atoms with Crippen molar-refractivity contribution in [1.29, 1.82) is 0 Å². The Labute approximate surface area is 78.5 Å². The van der Waals surface area contributed by atoms with Crippen LogP contribution >= 0.6 is 0 Å². The summed E-state index contributed by atoms with van der Waals surface area (Å²) in [6.45, 7) is 2.31. The molecule has 0 saturated heterocycles. The van der Waals surface area contributed by atoms with Crippen molar-refractivity contribution < 1.29 is 0 Å². The predicted molar refractivity (Wildman–Crippen MR) is 50.8 cm³/mol. The second-order valence-corrected chi connectivity index (χ2v) is 3.92. The maximum atomic E-state index is 2.89. The zero-order valence-electron chi connectivity index (χ0n) is 7.42. The van der Waals surface area contributed by atoms with Gasteiger partial charge in [0.1, 0.15) is 16.3 Å². The molecule has 0 fully saturated rings. The van der Waals surface area contributed by atoms with Gasteiger partial charge in [0.25, 0.3) is 0 Å². The molecule has 2 unspecified atom stereocenters. The monoisotopic (exact) mass is 164 g/mol. The van der Waals surface area contributed by atoms with Crippen molar-refractivity contribution in [3.63, 3.8) is 0 Å². The van der Waals surface area contributed by atoms with E-state index in [-0.39, 0.29) is 0 Å². The van der Waals surface area contributed by atoms with E-state index in [4.69, 9.17) is 0 Å². The summed E-state index contributed by atoms with van der Waals surface area (Å²) in [7, 11) is 0. The molecule has 0 aromatic heterocycles. The zero-order valence-corrected chi connectivity index (χ0v) is 8.58. The Morgan fingerprint density at radius 3 is 2.82 bits per heavy atom. The molecule has 11 heavy (non-hydrogen) atoms. The molecule has 2 atom stereocenters. The predicted octanol–water partition coefficient (Wildman–Crippen LogP) is 2.96. The van der Waals surface area contributed by atoms with Crippen molar-refractivity contribution in [3.05, 3.63) is 12.2 Å². The van der Waals surface area contributed by atoms with Gasteiger partial charge in [-0.1, -0.05) is 31.4 Å². The van der Waals surface area contributed by atoms with Crippen LogP contribution in [0, 0.1) is 11.8 Å². The summed E-state index contributed by atoms with van der Waals surface area (Å²) in [4.78, 5) is 0. The van der Waals surface area contributed by atoms with Gasteiger partial charge in [-0.05, 0) is 25.2 Å². The van der Waals surface area contributed by atoms with Crippen LogP contribution in [0.3, 0.4) is 0 Å². The second-order valence-electron chi connectivity index (χ2n) is 3.45. The highest BCUT2D eigenvalue weighted by Gasteiger charge is 2.17. The van der Waals surface area contributed by atoms with E-state index in [1.54, 1.807) is 0 Å². The minimum absolute atomic E-state index is 0.949. The lowest BCUT2D eigenvalue weighted by Crippen LogP contribution is -2.14. The Balaban J connectivity index is 2.38. The van der Waals surface area contributed by atoms with Crippen molar-refractivity contribution >= 4 is 16.3 Å². The number of allylic oxidation sites excluding steroid dienone is 2. The summed E-state index contributed by atoms with van der Waals surface area (Å²) in [6, 6.07) is 0. The van der Waals surface area contributed by atoms with Gasteiger partial charge in [-0.2, -0.15) is 0 Å². The van der Waals surface area contributed by atoms with E-state index in [0.717, 1.165) is 11.8 Å². The fraction of sp³-hybridized carbons (Fsp3) is 0.800. The van der Waals surface area contributed by atoms with Crippen LogP contribution in [0.25, 0.3) is 0 Å². The van der Waals surface area contributed by atoms with Crippen LogP contribution in [0.2, 0.25) is 5.28 Å². The fourth-order valence-corrected chi connectivity index (χ4v) is 2.66. The van der Waals surface area contributed by atoms with Gasteiger partial charge in [0.15, 0.2) is 0 Å². The highest BCUT2D eigenvalue weighted by atomic mass is 27.0. The third kappa shape index (κ3) is 2.65. The summed E-state index contributed by atoms with van der Waals surface area (Å²) in [5.74, 6) is 1.92. The average Bonchev–Trinajstić information content (AvgIpc) is 2.09. The summed E-state index contributed by atoms with van der Waals surface area (Å²) in [5.41, 5.74) is 0. The Morgan fingerprint density at radius 1 is 1.55 bits per heavy atom. The van der Waals surface area contributed by atoms with Crippen molar-refractivity contribution in [3.8, 4) is 0 Å². The van der Waals surface area contributed by atoms with Crippen LogP contribution in [-0.2, 0) is 0 Å². The summed E-state index contributed by atoms with van der Waals surface area (Å²) < 4.78 is 0. The van der Waals surface area contributed by atoms with Gasteiger partial charge in [0, 0.05) is 0 Å². The van der Waals surface area contributed by atoms with E-state index < -0.39 is 0 Å². The van der Waals surface area contributed by atoms with E-state index in [0.29, 0.717) is 0 Å². The van der Waals surface area contributed by atoms with E-state index >= 15 is 0 Å². The molecular weight excluding hydrogens is 147 g/mol. The first-order chi connectivity index (χ1) is 5.38. The van der Waals surface area contributed by atoms with Gasteiger partial charge in [0.2, 0.25) is 0 Å². The summed E-state index contributed by atoms with van der Waals surface area (Å²) in [5, 5.41) is 1.29. The highest BCUT2D eigenvalue weighted by Crippen LogP contribution is 2.29. The number of rotatable bonds is 3. The molecule has 1 aliphatic carbocycles. The van der Waals surface area contributed by atoms with Crippen LogP contribution < -0.4 is 0 Å². The smallest absolute Gasteiger partial charge is 0.115 e. The molecule has 1 aliphatic rings. The molecule has 0 aliphatic heterocycles. The van der Waals surface area contributed by atoms with Crippen molar-refractivity contribution in [2.24, 2.45) is 11.8 Å². The molecule has 0 nitrogen and oxygen atoms in total. The average molecular weight is 164 g/mol. The van der Waals surface area contributed by atoms with Crippen molar-refractivity contribution in [2.75, 3.05) is 0 Å². The van der Waals surface area contributed by atoms with Crippen LogP contribution in [0.4, 0.5) is 0 Å². The third-order valence-electron chi connectivity index (χ3n) is 2.80. The molecule has 0 aromatic rings. The van der Waals surface area contributed by atoms with Gasteiger partial charge >= 0.3 is 0 Å². The first-order valence-electron chi connectivity index (χ1n) is 4.73. The molecule has 0 spiro atoms. The quantitative estimate of drug-likeness (QED) is 0.444. The lowest BCUT2D eigenvalue weighted by molar-refractivity contribution is 0.324. The Bertz CT molecular complexity index is 125. The van der Waals surface area contributed by atoms with E-state index in [2.05, 4.69) is 35.4 Å².